The SMILES string of the molecule is O=C([O-])CC[C@@H](N=C(c1ccccc1)c1cc(Cl)ccc1NC(=O)CN1Cc2ccc3ccccc3c2-c2c(ccc3ccccc23)C1)C(=O)[O-].[Ni+2]. The van der Waals surface area contributed by atoms with E-state index in [0.717, 1.165) is 32.7 Å². The summed E-state index contributed by atoms with van der Waals surface area (Å²) in [5.74, 6) is -3.21. The molecule has 6 aromatic carbocycles. The molecule has 8 nitrogen and oxygen atoms in total. The van der Waals surface area contributed by atoms with Crippen molar-refractivity contribution in [3.63, 3.8) is 0 Å². The third-order valence-electron chi connectivity index (χ3n) is 9.17. The number of hydrogen-bond donors (Lipinski definition) is 1. The van der Waals surface area contributed by atoms with Gasteiger partial charge in [-0.1, -0.05) is 115 Å². The Labute approximate surface area is 315 Å². The summed E-state index contributed by atoms with van der Waals surface area (Å²) in [6.45, 7) is 1.13. The van der Waals surface area contributed by atoms with Crippen molar-refractivity contribution < 1.29 is 41.1 Å². The number of aliphatic imine (C=N–C) groups is 1. The van der Waals surface area contributed by atoms with Crippen LogP contribution in [0.4, 0.5) is 5.69 Å². The minimum Gasteiger partial charge on any atom is -0.550 e. The second kappa shape index (κ2) is 15.9. The number of amides is 1. The molecule has 0 saturated heterocycles. The van der Waals surface area contributed by atoms with Gasteiger partial charge in [0.05, 0.1) is 30.0 Å². The van der Waals surface area contributed by atoms with E-state index >= 15 is 0 Å². The van der Waals surface area contributed by atoms with Crippen LogP contribution in [0.1, 0.15) is 35.1 Å². The first kappa shape index (κ1) is 36.5. The van der Waals surface area contributed by atoms with Crippen molar-refractivity contribution in [2.75, 3.05) is 11.9 Å². The number of anilines is 1. The van der Waals surface area contributed by atoms with Gasteiger partial charge in [0.15, 0.2) is 0 Å². The molecular formula is C42H32ClN3NiO5. The van der Waals surface area contributed by atoms with Crippen LogP contribution in [0.3, 0.4) is 0 Å². The van der Waals surface area contributed by atoms with Crippen molar-refractivity contribution in [1.82, 2.24) is 4.90 Å². The Kier molecular flexibility index (Phi) is 11.2. The second-order valence-electron chi connectivity index (χ2n) is 12.6. The first-order valence-corrected chi connectivity index (χ1v) is 17.0. The van der Waals surface area contributed by atoms with Crippen LogP contribution in [0.25, 0.3) is 32.7 Å². The second-order valence-corrected chi connectivity index (χ2v) is 13.1. The zero-order chi connectivity index (χ0) is 35.5. The van der Waals surface area contributed by atoms with Gasteiger partial charge in [-0.2, -0.15) is 0 Å². The van der Waals surface area contributed by atoms with E-state index in [4.69, 9.17) is 11.6 Å². The van der Waals surface area contributed by atoms with Gasteiger partial charge in [0.25, 0.3) is 0 Å². The summed E-state index contributed by atoms with van der Waals surface area (Å²) >= 11 is 6.45. The molecule has 0 aliphatic carbocycles. The number of carboxylic acids is 2. The molecule has 0 unspecified atom stereocenters. The van der Waals surface area contributed by atoms with E-state index in [2.05, 4.69) is 75.9 Å². The van der Waals surface area contributed by atoms with E-state index < -0.39 is 24.4 Å². The van der Waals surface area contributed by atoms with Crippen molar-refractivity contribution >= 4 is 62.4 Å². The summed E-state index contributed by atoms with van der Waals surface area (Å²) in [5.41, 5.74) is 6.11. The Bertz CT molecular complexity index is 2260. The molecule has 10 heteroatoms. The fourth-order valence-corrected chi connectivity index (χ4v) is 7.06. The number of carbonyl (C=O) groups excluding carboxylic acids is 3. The maximum Gasteiger partial charge on any atom is 2.00 e. The molecule has 0 spiro atoms. The zero-order valence-electron chi connectivity index (χ0n) is 27.8. The summed E-state index contributed by atoms with van der Waals surface area (Å²) in [4.78, 5) is 43.8. The van der Waals surface area contributed by atoms with Gasteiger partial charge in [-0.25, -0.2) is 0 Å². The molecule has 0 aromatic heterocycles. The minimum atomic E-state index is -1.53. The van der Waals surface area contributed by atoms with Gasteiger partial charge in [0, 0.05) is 35.2 Å². The summed E-state index contributed by atoms with van der Waals surface area (Å²) < 4.78 is 0. The van der Waals surface area contributed by atoms with Gasteiger partial charge in [0.2, 0.25) is 5.91 Å². The molecule has 52 heavy (non-hydrogen) atoms. The first-order chi connectivity index (χ1) is 24.7. The van der Waals surface area contributed by atoms with E-state index in [-0.39, 0.29) is 41.1 Å². The fourth-order valence-electron chi connectivity index (χ4n) is 6.89. The number of nitrogens with zero attached hydrogens (tertiary/aromatic N) is 2. The summed E-state index contributed by atoms with van der Waals surface area (Å²) in [5, 5.41) is 31.2. The molecule has 0 bridgehead atoms. The van der Waals surface area contributed by atoms with Crippen molar-refractivity contribution in [1.29, 1.82) is 0 Å². The van der Waals surface area contributed by atoms with Crippen LogP contribution >= 0.6 is 11.6 Å². The van der Waals surface area contributed by atoms with Gasteiger partial charge < -0.3 is 25.1 Å². The number of hydrogen-bond acceptors (Lipinski definition) is 7. The molecule has 262 valence electrons. The Hall–Kier alpha value is -5.34. The Morgan fingerprint density at radius 3 is 1.90 bits per heavy atom. The Balaban J connectivity index is 0.00000464. The number of benzene rings is 6. The molecule has 1 atom stereocenters. The quantitative estimate of drug-likeness (QED) is 0.140. The van der Waals surface area contributed by atoms with Crippen LogP contribution in [0, 0.1) is 0 Å². The first-order valence-electron chi connectivity index (χ1n) is 16.6. The Morgan fingerprint density at radius 1 is 0.750 bits per heavy atom. The number of halogens is 1. The van der Waals surface area contributed by atoms with Gasteiger partial charge in [-0.3, -0.25) is 14.7 Å². The average Bonchev–Trinajstić information content (AvgIpc) is 3.29. The third kappa shape index (κ3) is 7.77. The van der Waals surface area contributed by atoms with E-state index in [1.165, 1.54) is 11.1 Å². The van der Waals surface area contributed by atoms with Crippen molar-refractivity contribution in [2.24, 2.45) is 4.99 Å². The molecule has 1 amide bonds. The molecule has 0 fully saturated rings. The zero-order valence-corrected chi connectivity index (χ0v) is 29.5. The fraction of sp³-hybridized carbons (Fsp3) is 0.143. The molecule has 6 aromatic rings. The summed E-state index contributed by atoms with van der Waals surface area (Å²) in [6, 6.07) is 37.5. The molecule has 0 saturated carbocycles. The predicted molar refractivity (Wildman–Crippen MR) is 196 cm³/mol. The standard InChI is InChI=1S/C42H34ClN3O5.Ni/c43-31-18-19-35(34(22-31)41(28-10-2-1-3-11-28)45-36(42(50)51)20-21-38(48)49)44-37(47)25-46-23-29-16-14-26-8-4-6-12-32(26)39(29)40-30(24-46)17-15-27-9-5-7-13-33(27)40;/h1-19,22,36H,20-21,23-25H2,(H,44,47)(H,48,49)(H,50,51);/q;+2/p-2/t36-;/m1./s1. The molecule has 1 aliphatic rings. The molecule has 1 N–H and O–H groups in total. The van der Waals surface area contributed by atoms with Crippen LogP contribution in [0.15, 0.2) is 126 Å². The van der Waals surface area contributed by atoms with Gasteiger partial charge in [0.1, 0.15) is 0 Å². The van der Waals surface area contributed by atoms with Crippen LogP contribution in [-0.2, 0) is 44.0 Å². The monoisotopic (exact) mass is 751 g/mol. The van der Waals surface area contributed by atoms with Crippen molar-refractivity contribution in [2.45, 2.75) is 32.0 Å². The predicted octanol–water partition coefficient (Wildman–Crippen LogP) is 5.75. The number of carbonyl (C=O) groups is 3. The number of fused-ring (bicyclic) bond motifs is 7. The summed E-state index contributed by atoms with van der Waals surface area (Å²) in [6.07, 6.45) is -0.844. The minimum absolute atomic E-state index is 0. The smallest absolute Gasteiger partial charge is 0.550 e. The topological polar surface area (TPSA) is 125 Å². The van der Waals surface area contributed by atoms with Gasteiger partial charge >= 0.3 is 16.5 Å². The number of aliphatic carboxylic acids is 2. The van der Waals surface area contributed by atoms with Crippen molar-refractivity contribution in [3.8, 4) is 11.1 Å². The number of rotatable bonds is 10. The van der Waals surface area contributed by atoms with E-state index in [0.29, 0.717) is 34.9 Å². The third-order valence-corrected chi connectivity index (χ3v) is 9.41. The van der Waals surface area contributed by atoms with Crippen LogP contribution in [0.2, 0.25) is 5.02 Å². The van der Waals surface area contributed by atoms with Gasteiger partial charge in [-0.15, -0.1) is 0 Å². The van der Waals surface area contributed by atoms with Crippen LogP contribution < -0.4 is 15.5 Å². The Morgan fingerprint density at radius 2 is 1.33 bits per heavy atom. The van der Waals surface area contributed by atoms with Crippen molar-refractivity contribution in [3.05, 3.63) is 149 Å². The molecule has 7 rings (SSSR count). The molecule has 0 radical (unpaired) electrons. The number of carboxylic acid groups (broad SMARTS) is 2. The van der Waals surface area contributed by atoms with E-state index in [1.54, 1.807) is 48.5 Å². The summed E-state index contributed by atoms with van der Waals surface area (Å²) in [7, 11) is 0. The normalized spacial score (nSPS) is 13.4. The van der Waals surface area contributed by atoms with E-state index in [9.17, 15) is 24.6 Å². The molecule has 1 heterocycles. The number of nitrogens with one attached hydrogen (secondary N) is 1. The van der Waals surface area contributed by atoms with E-state index in [1.807, 2.05) is 12.1 Å². The molecule has 1 aliphatic heterocycles. The molecular weight excluding hydrogens is 721 g/mol. The maximum absolute atomic E-state index is 13.9. The van der Waals surface area contributed by atoms with Crippen LogP contribution in [-0.4, -0.2) is 41.0 Å². The maximum atomic E-state index is 13.9. The largest absolute Gasteiger partial charge is 2.00 e. The van der Waals surface area contributed by atoms with Crippen LogP contribution in [0.5, 0.6) is 0 Å². The van der Waals surface area contributed by atoms with Gasteiger partial charge in [-0.05, 0) is 74.8 Å². The average molecular weight is 753 g/mol.